The molecule has 1 aromatic heterocycles. The number of aliphatic hydroxyl groups excluding tert-OH is 1. The first-order chi connectivity index (χ1) is 12.8. The summed E-state index contributed by atoms with van der Waals surface area (Å²) in [5, 5.41) is 12.5. The van der Waals surface area contributed by atoms with Gasteiger partial charge in [-0.05, 0) is 50.8 Å². The number of nitrogens with one attached hydrogen (secondary N) is 1. The van der Waals surface area contributed by atoms with E-state index in [2.05, 4.69) is 5.32 Å². The van der Waals surface area contributed by atoms with Crippen molar-refractivity contribution in [1.29, 1.82) is 0 Å². The Bertz CT molecular complexity index is 853. The second-order valence-electron chi connectivity index (χ2n) is 7.46. The topological polar surface area (TPSA) is 115 Å². The van der Waals surface area contributed by atoms with Crippen LogP contribution in [0.5, 0.6) is 5.75 Å². The minimum Gasteiger partial charge on any atom is -0.493 e. The molecule has 146 valence electrons. The van der Waals surface area contributed by atoms with Gasteiger partial charge < -0.3 is 25.3 Å². The van der Waals surface area contributed by atoms with Crippen LogP contribution in [0.1, 0.15) is 48.7 Å². The Hall–Kier alpha value is -2.54. The molecular formula is C20H26N2O5. The number of carbonyl (C=O) groups excluding carboxylic acids is 2. The molecule has 1 aromatic carbocycles. The Balaban J connectivity index is 1.85. The molecule has 1 unspecified atom stereocenters. The van der Waals surface area contributed by atoms with Crippen LogP contribution in [0, 0.1) is 12.8 Å². The number of aliphatic hydroxyl groups is 1. The van der Waals surface area contributed by atoms with Crippen LogP contribution in [0.3, 0.4) is 0 Å². The van der Waals surface area contributed by atoms with Crippen molar-refractivity contribution < 1.29 is 23.8 Å². The first-order valence-electron chi connectivity index (χ1n) is 9.23. The zero-order valence-electron chi connectivity index (χ0n) is 15.7. The van der Waals surface area contributed by atoms with Gasteiger partial charge in [-0.2, -0.15) is 0 Å². The van der Waals surface area contributed by atoms with E-state index < -0.39 is 24.0 Å². The van der Waals surface area contributed by atoms with Gasteiger partial charge in [-0.3, -0.25) is 9.59 Å². The van der Waals surface area contributed by atoms with E-state index in [9.17, 15) is 14.7 Å². The first-order valence-corrected chi connectivity index (χ1v) is 9.23. The molecule has 1 aliphatic rings. The molecule has 3 rings (SSSR count). The molecule has 0 bridgehead atoms. The Kier molecular flexibility index (Phi) is 5.41. The van der Waals surface area contributed by atoms with Crippen LogP contribution in [-0.2, 0) is 4.79 Å². The summed E-state index contributed by atoms with van der Waals surface area (Å²) in [6, 6.07) is 5.36. The molecule has 2 amide bonds. The predicted molar refractivity (Wildman–Crippen MR) is 101 cm³/mol. The number of primary amides is 1. The molecule has 0 radical (unpaired) electrons. The lowest BCUT2D eigenvalue weighted by Gasteiger charge is -2.24. The van der Waals surface area contributed by atoms with Crippen molar-refractivity contribution in [2.24, 2.45) is 11.7 Å². The maximum absolute atomic E-state index is 12.8. The highest BCUT2D eigenvalue weighted by Gasteiger charge is 2.34. The fourth-order valence-electron chi connectivity index (χ4n) is 3.45. The summed E-state index contributed by atoms with van der Waals surface area (Å²) in [4.78, 5) is 24.3. The average molecular weight is 374 g/mol. The van der Waals surface area contributed by atoms with Gasteiger partial charge >= 0.3 is 0 Å². The van der Waals surface area contributed by atoms with Gasteiger partial charge in [-0.1, -0.05) is 12.8 Å². The number of rotatable bonds is 7. The number of fused-ring (bicyclic) bond motifs is 1. The SMILES string of the molecule is Cc1oc2ccc(OCC3CCCC3)cc2c1C(=O)NC(C)(CO)C(N)=O. The molecule has 0 aliphatic heterocycles. The van der Waals surface area contributed by atoms with Crippen LogP contribution >= 0.6 is 0 Å². The van der Waals surface area contributed by atoms with Crippen LogP contribution < -0.4 is 15.8 Å². The zero-order chi connectivity index (χ0) is 19.6. The van der Waals surface area contributed by atoms with Crippen LogP contribution in [0.15, 0.2) is 22.6 Å². The number of amides is 2. The molecule has 1 aliphatic carbocycles. The maximum atomic E-state index is 12.8. The van der Waals surface area contributed by atoms with Gasteiger partial charge in [0.2, 0.25) is 5.91 Å². The highest BCUT2D eigenvalue weighted by Crippen LogP contribution is 2.31. The van der Waals surface area contributed by atoms with Crippen molar-refractivity contribution in [3.05, 3.63) is 29.5 Å². The van der Waals surface area contributed by atoms with E-state index >= 15 is 0 Å². The lowest BCUT2D eigenvalue weighted by atomic mass is 10.0. The van der Waals surface area contributed by atoms with Crippen LogP contribution in [0.25, 0.3) is 11.0 Å². The van der Waals surface area contributed by atoms with E-state index in [4.69, 9.17) is 14.9 Å². The number of hydrogen-bond donors (Lipinski definition) is 3. The molecule has 27 heavy (non-hydrogen) atoms. The smallest absolute Gasteiger partial charge is 0.256 e. The van der Waals surface area contributed by atoms with Gasteiger partial charge in [-0.15, -0.1) is 0 Å². The van der Waals surface area contributed by atoms with E-state index in [0.717, 1.165) is 0 Å². The van der Waals surface area contributed by atoms with Gasteiger partial charge in [0, 0.05) is 5.39 Å². The third-order valence-corrected chi connectivity index (χ3v) is 5.27. The lowest BCUT2D eigenvalue weighted by molar-refractivity contribution is -0.124. The summed E-state index contributed by atoms with van der Waals surface area (Å²) in [6.07, 6.45) is 4.88. The quantitative estimate of drug-likeness (QED) is 0.688. The third kappa shape index (κ3) is 3.93. The number of hydrogen-bond acceptors (Lipinski definition) is 5. The van der Waals surface area contributed by atoms with E-state index in [1.807, 2.05) is 6.07 Å². The third-order valence-electron chi connectivity index (χ3n) is 5.27. The minimum absolute atomic E-state index is 0.303. The van der Waals surface area contributed by atoms with Crippen molar-refractivity contribution in [3.8, 4) is 5.75 Å². The van der Waals surface area contributed by atoms with E-state index in [0.29, 0.717) is 40.6 Å². The Labute approximate surface area is 157 Å². The second-order valence-corrected chi connectivity index (χ2v) is 7.46. The summed E-state index contributed by atoms with van der Waals surface area (Å²) in [6.45, 7) is 3.11. The summed E-state index contributed by atoms with van der Waals surface area (Å²) in [7, 11) is 0. The fraction of sp³-hybridized carbons (Fsp3) is 0.500. The molecule has 2 aromatic rings. The Morgan fingerprint density at radius 1 is 1.37 bits per heavy atom. The number of carbonyl (C=O) groups is 2. The number of benzene rings is 1. The number of aryl methyl sites for hydroxylation is 1. The molecule has 1 saturated carbocycles. The molecule has 7 nitrogen and oxygen atoms in total. The highest BCUT2D eigenvalue weighted by atomic mass is 16.5. The van der Waals surface area contributed by atoms with Gasteiger partial charge in [0.25, 0.3) is 5.91 Å². The molecule has 1 heterocycles. The number of nitrogens with two attached hydrogens (primary N) is 1. The Morgan fingerprint density at radius 3 is 2.70 bits per heavy atom. The van der Waals surface area contributed by atoms with Crippen LogP contribution in [-0.4, -0.2) is 35.7 Å². The average Bonchev–Trinajstić information content (AvgIpc) is 3.25. The summed E-state index contributed by atoms with van der Waals surface area (Å²) < 4.78 is 11.6. The highest BCUT2D eigenvalue weighted by molar-refractivity contribution is 6.09. The van der Waals surface area contributed by atoms with Crippen LogP contribution in [0.2, 0.25) is 0 Å². The molecule has 1 fully saturated rings. The van der Waals surface area contributed by atoms with E-state index in [1.54, 1.807) is 19.1 Å². The standard InChI is InChI=1S/C20H26N2O5/c1-12-17(18(24)22-20(2,11-23)19(21)25)15-9-14(7-8-16(15)27-12)26-10-13-5-3-4-6-13/h7-9,13,23H,3-6,10-11H2,1-2H3,(H2,21,25)(H,22,24). The zero-order valence-corrected chi connectivity index (χ0v) is 15.7. The van der Waals surface area contributed by atoms with Crippen molar-refractivity contribution in [2.45, 2.75) is 45.1 Å². The molecule has 7 heteroatoms. The predicted octanol–water partition coefficient (Wildman–Crippen LogP) is 2.28. The monoisotopic (exact) mass is 374 g/mol. The first kappa shape index (κ1) is 19.2. The molecule has 4 N–H and O–H groups in total. The molecule has 0 spiro atoms. The van der Waals surface area contributed by atoms with Crippen LogP contribution in [0.4, 0.5) is 0 Å². The largest absolute Gasteiger partial charge is 0.493 e. The fourth-order valence-corrected chi connectivity index (χ4v) is 3.45. The number of ether oxygens (including phenoxy) is 1. The van der Waals surface area contributed by atoms with Crippen molar-refractivity contribution in [3.63, 3.8) is 0 Å². The van der Waals surface area contributed by atoms with Crippen molar-refractivity contribution in [1.82, 2.24) is 5.32 Å². The van der Waals surface area contributed by atoms with Gasteiger partial charge in [0.05, 0.1) is 18.8 Å². The molecular weight excluding hydrogens is 348 g/mol. The van der Waals surface area contributed by atoms with Gasteiger partial charge in [0.1, 0.15) is 22.6 Å². The van der Waals surface area contributed by atoms with E-state index in [-0.39, 0.29) is 0 Å². The summed E-state index contributed by atoms with van der Waals surface area (Å²) in [5.41, 5.74) is 4.60. The molecule has 0 saturated heterocycles. The number of furan rings is 1. The normalized spacial score (nSPS) is 17.0. The Morgan fingerprint density at radius 2 is 2.07 bits per heavy atom. The van der Waals surface area contributed by atoms with Gasteiger partial charge in [0.15, 0.2) is 0 Å². The van der Waals surface area contributed by atoms with E-state index in [1.165, 1.54) is 32.6 Å². The maximum Gasteiger partial charge on any atom is 0.256 e. The summed E-state index contributed by atoms with van der Waals surface area (Å²) in [5.74, 6) is 0.318. The van der Waals surface area contributed by atoms with Crippen molar-refractivity contribution >= 4 is 22.8 Å². The van der Waals surface area contributed by atoms with Crippen molar-refractivity contribution in [2.75, 3.05) is 13.2 Å². The lowest BCUT2D eigenvalue weighted by Crippen LogP contribution is -2.57. The minimum atomic E-state index is -1.55. The van der Waals surface area contributed by atoms with Gasteiger partial charge in [-0.25, -0.2) is 0 Å². The second kappa shape index (κ2) is 7.60. The molecule has 1 atom stereocenters. The summed E-state index contributed by atoms with van der Waals surface area (Å²) >= 11 is 0.